The number of carbonyl (C=O) groups is 1. The molecule has 0 aliphatic carbocycles. The van der Waals surface area contributed by atoms with Gasteiger partial charge < -0.3 is 14.9 Å². The fraction of sp³-hybridized carbons (Fsp3) is 0.217. The molecule has 3 N–H and O–H groups in total. The Morgan fingerprint density at radius 1 is 1.15 bits per heavy atom. The monoisotopic (exact) mass is 448 g/mol. The standard InChI is InChI=1S/C23H24N6O4/c1-15-7-6-10-18-25-17(14-28(15)18)22(31)29(13-16-8-4-3-5-9-16)19-20(24)27(11-12-33-2)23(32)26-21(19)30/h3-10,14H,11-13,24H2,1-2H3,(H,26,30,32). The number of nitrogens with two attached hydrogens (primary N) is 1. The van der Waals surface area contributed by atoms with Gasteiger partial charge in [-0.05, 0) is 24.6 Å². The van der Waals surface area contributed by atoms with Crippen LogP contribution in [0.25, 0.3) is 5.65 Å². The van der Waals surface area contributed by atoms with Gasteiger partial charge in [0.05, 0.1) is 19.7 Å². The number of hydrogen-bond donors (Lipinski definition) is 2. The van der Waals surface area contributed by atoms with Crippen LogP contribution in [-0.4, -0.2) is 38.6 Å². The zero-order chi connectivity index (χ0) is 23.5. The van der Waals surface area contributed by atoms with E-state index in [-0.39, 0.29) is 36.9 Å². The Labute approximate surface area is 188 Å². The van der Waals surface area contributed by atoms with Crippen LogP contribution >= 0.6 is 0 Å². The molecular weight excluding hydrogens is 424 g/mol. The molecule has 0 fully saturated rings. The van der Waals surface area contributed by atoms with Gasteiger partial charge >= 0.3 is 5.69 Å². The first-order valence-corrected chi connectivity index (χ1v) is 10.3. The van der Waals surface area contributed by atoms with Crippen molar-refractivity contribution in [1.82, 2.24) is 18.9 Å². The van der Waals surface area contributed by atoms with Crippen LogP contribution in [-0.2, 0) is 17.8 Å². The highest BCUT2D eigenvalue weighted by atomic mass is 16.5. The van der Waals surface area contributed by atoms with E-state index in [2.05, 4.69) is 9.97 Å². The molecule has 3 aromatic heterocycles. The minimum atomic E-state index is -0.754. The van der Waals surface area contributed by atoms with E-state index in [0.29, 0.717) is 5.65 Å². The molecule has 33 heavy (non-hydrogen) atoms. The van der Waals surface area contributed by atoms with Crippen molar-refractivity contribution in [2.24, 2.45) is 0 Å². The first-order chi connectivity index (χ1) is 15.9. The highest BCUT2D eigenvalue weighted by molar-refractivity contribution is 6.06. The first-order valence-electron chi connectivity index (χ1n) is 10.3. The molecule has 0 aliphatic heterocycles. The second-order valence-corrected chi connectivity index (χ2v) is 7.54. The van der Waals surface area contributed by atoms with Crippen molar-refractivity contribution in [2.45, 2.75) is 20.0 Å². The number of imidazole rings is 1. The van der Waals surface area contributed by atoms with Crippen molar-refractivity contribution in [2.75, 3.05) is 24.4 Å². The van der Waals surface area contributed by atoms with Gasteiger partial charge in [-0.25, -0.2) is 9.78 Å². The van der Waals surface area contributed by atoms with Crippen molar-refractivity contribution >= 4 is 23.1 Å². The molecule has 0 atom stereocenters. The maximum absolute atomic E-state index is 13.7. The van der Waals surface area contributed by atoms with Crippen LogP contribution in [0.4, 0.5) is 11.5 Å². The van der Waals surface area contributed by atoms with Gasteiger partial charge in [-0.1, -0.05) is 36.4 Å². The number of nitrogen functional groups attached to an aromatic ring is 1. The zero-order valence-corrected chi connectivity index (χ0v) is 18.3. The van der Waals surface area contributed by atoms with Crippen LogP contribution in [0.5, 0.6) is 0 Å². The maximum Gasteiger partial charge on any atom is 0.330 e. The number of aromatic amines is 1. The number of amides is 1. The minimum absolute atomic E-state index is 0.0578. The third-order valence-electron chi connectivity index (χ3n) is 5.35. The van der Waals surface area contributed by atoms with E-state index in [1.807, 2.05) is 49.4 Å². The quantitative estimate of drug-likeness (QED) is 0.442. The fourth-order valence-electron chi connectivity index (χ4n) is 3.65. The minimum Gasteiger partial charge on any atom is -0.383 e. The average molecular weight is 448 g/mol. The lowest BCUT2D eigenvalue weighted by atomic mass is 10.2. The molecule has 10 nitrogen and oxygen atoms in total. The van der Waals surface area contributed by atoms with Crippen LogP contribution in [0.15, 0.2) is 64.3 Å². The zero-order valence-electron chi connectivity index (χ0n) is 18.3. The second kappa shape index (κ2) is 9.13. The number of pyridine rings is 1. The van der Waals surface area contributed by atoms with E-state index in [9.17, 15) is 14.4 Å². The van der Waals surface area contributed by atoms with Gasteiger partial charge in [0.1, 0.15) is 17.2 Å². The first kappa shape index (κ1) is 22.0. The number of aromatic nitrogens is 4. The number of nitrogens with one attached hydrogen (secondary N) is 1. The lowest BCUT2D eigenvalue weighted by Crippen LogP contribution is -2.41. The van der Waals surface area contributed by atoms with Crippen molar-refractivity contribution < 1.29 is 9.53 Å². The Kier molecular flexibility index (Phi) is 6.09. The highest BCUT2D eigenvalue weighted by Gasteiger charge is 2.27. The normalized spacial score (nSPS) is 11.1. The van der Waals surface area contributed by atoms with Crippen molar-refractivity contribution in [3.05, 3.63) is 92.5 Å². The number of benzene rings is 1. The lowest BCUT2D eigenvalue weighted by molar-refractivity contribution is 0.0980. The molecule has 0 aliphatic rings. The molecule has 0 saturated heterocycles. The largest absolute Gasteiger partial charge is 0.383 e. The number of fused-ring (bicyclic) bond motifs is 1. The predicted molar refractivity (Wildman–Crippen MR) is 124 cm³/mol. The third-order valence-corrected chi connectivity index (χ3v) is 5.35. The molecule has 0 spiro atoms. The molecule has 4 aromatic rings. The molecule has 1 aromatic carbocycles. The summed E-state index contributed by atoms with van der Waals surface area (Å²) in [5.74, 6) is -0.638. The fourth-order valence-corrected chi connectivity index (χ4v) is 3.65. The summed E-state index contributed by atoms with van der Waals surface area (Å²) in [5, 5.41) is 0. The number of nitrogens with zero attached hydrogens (tertiary/aromatic N) is 4. The van der Waals surface area contributed by atoms with Gasteiger partial charge in [0.15, 0.2) is 5.69 Å². The van der Waals surface area contributed by atoms with Crippen molar-refractivity contribution in [3.8, 4) is 0 Å². The van der Waals surface area contributed by atoms with E-state index >= 15 is 0 Å². The molecule has 170 valence electrons. The van der Waals surface area contributed by atoms with Gasteiger partial charge in [-0.3, -0.25) is 24.0 Å². The predicted octanol–water partition coefficient (Wildman–Crippen LogP) is 1.57. The van der Waals surface area contributed by atoms with Gasteiger partial charge in [-0.2, -0.15) is 0 Å². The molecule has 0 radical (unpaired) electrons. The maximum atomic E-state index is 13.7. The Morgan fingerprint density at radius 3 is 2.61 bits per heavy atom. The van der Waals surface area contributed by atoms with Crippen molar-refractivity contribution in [3.63, 3.8) is 0 Å². The molecule has 10 heteroatoms. The Morgan fingerprint density at radius 2 is 1.91 bits per heavy atom. The Balaban J connectivity index is 1.87. The molecule has 1 amide bonds. The van der Waals surface area contributed by atoms with Crippen LogP contribution in [0.2, 0.25) is 0 Å². The van der Waals surface area contributed by atoms with Gasteiger partial charge in [0, 0.05) is 19.0 Å². The number of rotatable bonds is 7. The van der Waals surface area contributed by atoms with Crippen LogP contribution in [0, 0.1) is 6.92 Å². The van der Waals surface area contributed by atoms with E-state index in [1.165, 1.54) is 16.6 Å². The summed E-state index contributed by atoms with van der Waals surface area (Å²) in [4.78, 5) is 46.9. The van der Waals surface area contributed by atoms with E-state index in [0.717, 1.165) is 11.3 Å². The number of methoxy groups -OCH3 is 1. The highest BCUT2D eigenvalue weighted by Crippen LogP contribution is 2.22. The van der Waals surface area contributed by atoms with Gasteiger partial charge in [0.2, 0.25) is 0 Å². The van der Waals surface area contributed by atoms with E-state index in [1.54, 1.807) is 16.7 Å². The topological polar surface area (TPSA) is 128 Å². The molecular formula is C23H24N6O4. The molecule has 3 heterocycles. The number of aryl methyl sites for hydroxylation is 1. The summed E-state index contributed by atoms with van der Waals surface area (Å²) in [5.41, 5.74) is 7.15. The van der Waals surface area contributed by atoms with Gasteiger partial charge in [-0.15, -0.1) is 0 Å². The molecule has 0 bridgehead atoms. The summed E-state index contributed by atoms with van der Waals surface area (Å²) >= 11 is 0. The SMILES string of the molecule is COCCn1c(N)c(N(Cc2ccccc2)C(=O)c2cn3c(C)cccc3n2)c(=O)[nH]c1=O. The molecule has 0 saturated carbocycles. The second-order valence-electron chi connectivity index (χ2n) is 7.54. The summed E-state index contributed by atoms with van der Waals surface area (Å²) in [6.45, 7) is 2.28. The summed E-state index contributed by atoms with van der Waals surface area (Å²) in [6.07, 6.45) is 1.62. The molecule has 0 unspecified atom stereocenters. The smallest absolute Gasteiger partial charge is 0.330 e. The van der Waals surface area contributed by atoms with Crippen LogP contribution < -0.4 is 21.9 Å². The summed E-state index contributed by atoms with van der Waals surface area (Å²) in [6, 6.07) is 14.7. The number of hydrogen-bond acceptors (Lipinski definition) is 6. The number of ether oxygens (including phenoxy) is 1. The third kappa shape index (κ3) is 4.28. The number of carbonyl (C=O) groups excluding carboxylic acids is 1. The Bertz CT molecular complexity index is 1420. The van der Waals surface area contributed by atoms with Crippen molar-refractivity contribution in [1.29, 1.82) is 0 Å². The molecule has 4 rings (SSSR count). The van der Waals surface area contributed by atoms with Crippen LogP contribution in [0.3, 0.4) is 0 Å². The van der Waals surface area contributed by atoms with E-state index in [4.69, 9.17) is 10.5 Å². The summed E-state index contributed by atoms with van der Waals surface area (Å²) < 4.78 is 8.02. The van der Waals surface area contributed by atoms with Crippen LogP contribution in [0.1, 0.15) is 21.7 Å². The number of anilines is 2. The van der Waals surface area contributed by atoms with Gasteiger partial charge in [0.25, 0.3) is 11.5 Å². The lowest BCUT2D eigenvalue weighted by Gasteiger charge is -2.24. The summed E-state index contributed by atoms with van der Waals surface area (Å²) in [7, 11) is 1.49. The van der Waals surface area contributed by atoms with E-state index < -0.39 is 17.2 Å². The average Bonchev–Trinajstić information content (AvgIpc) is 3.24. The Hall–Kier alpha value is -4.18. The number of H-pyrrole nitrogens is 1.